The minimum atomic E-state index is 0.0334. The van der Waals surface area contributed by atoms with E-state index in [2.05, 4.69) is 0 Å². The lowest BCUT2D eigenvalue weighted by atomic mass is 10.7. The Morgan fingerprint density at radius 3 is 0.760 bits per heavy atom. The number of aliphatic hydroxyl groups is 2. The Balaban J connectivity index is 0. The Labute approximate surface area is 148 Å². The van der Waals surface area contributed by atoms with Crippen LogP contribution in [0.25, 0.3) is 16.0 Å². The number of nitrogens with zero attached hydrogens (tertiary/aromatic N) is 3. The lowest BCUT2D eigenvalue weighted by Gasteiger charge is -2.07. The standard InChI is InChI=1S/C14H30O8.N3/c15-1-3-17-5-7-19-9-11-21-13-14-22-12-10-20-8-6-18-4-2-16;1-3-2/h15-16H,1-14H2;/q;-1. The van der Waals surface area contributed by atoms with Gasteiger partial charge in [0.1, 0.15) is 0 Å². The van der Waals surface area contributed by atoms with Crippen molar-refractivity contribution in [2.75, 3.05) is 92.5 Å². The van der Waals surface area contributed by atoms with E-state index < -0.39 is 0 Å². The van der Waals surface area contributed by atoms with E-state index >= 15 is 0 Å². The van der Waals surface area contributed by atoms with Gasteiger partial charge >= 0.3 is 0 Å². The lowest BCUT2D eigenvalue weighted by Crippen LogP contribution is -2.14. The van der Waals surface area contributed by atoms with Gasteiger partial charge in [0.25, 0.3) is 0 Å². The zero-order chi connectivity index (χ0) is 18.8. The van der Waals surface area contributed by atoms with Gasteiger partial charge in [0.2, 0.25) is 0 Å². The highest BCUT2D eigenvalue weighted by atomic mass is 16.6. The van der Waals surface area contributed by atoms with Crippen LogP contribution in [0, 0.1) is 0 Å². The van der Waals surface area contributed by atoms with Gasteiger partial charge in [-0.15, -0.1) is 0 Å². The molecule has 0 aliphatic heterocycles. The summed E-state index contributed by atoms with van der Waals surface area (Å²) >= 11 is 0. The van der Waals surface area contributed by atoms with Crippen molar-refractivity contribution in [1.82, 2.24) is 0 Å². The monoisotopic (exact) mass is 368 g/mol. The van der Waals surface area contributed by atoms with E-state index in [0.29, 0.717) is 79.3 Å². The molecule has 0 saturated heterocycles. The van der Waals surface area contributed by atoms with Crippen molar-refractivity contribution in [1.29, 1.82) is 0 Å². The molecular weight excluding hydrogens is 338 g/mol. The highest BCUT2D eigenvalue weighted by molar-refractivity contribution is 4.37. The summed E-state index contributed by atoms with van der Waals surface area (Å²) < 4.78 is 31.2. The Morgan fingerprint density at radius 2 is 0.600 bits per heavy atom. The van der Waals surface area contributed by atoms with E-state index in [4.69, 9.17) is 49.7 Å². The molecule has 0 unspecified atom stereocenters. The summed E-state index contributed by atoms with van der Waals surface area (Å²) in [6.07, 6.45) is 0. The fourth-order valence-electron chi connectivity index (χ4n) is 1.33. The highest BCUT2D eigenvalue weighted by Crippen LogP contribution is 1.84. The van der Waals surface area contributed by atoms with Crippen molar-refractivity contribution in [2.24, 2.45) is 0 Å². The normalized spacial score (nSPS) is 10.2. The fraction of sp³-hybridized carbons (Fsp3) is 1.00. The summed E-state index contributed by atoms with van der Waals surface area (Å²) in [6.45, 7) is 5.81. The molecule has 0 heterocycles. The van der Waals surface area contributed by atoms with Crippen LogP contribution in [-0.2, 0) is 28.4 Å². The van der Waals surface area contributed by atoms with Gasteiger partial charge in [-0.3, -0.25) is 4.91 Å². The predicted octanol–water partition coefficient (Wildman–Crippen LogP) is -0.0633. The number of ether oxygens (including phenoxy) is 6. The lowest BCUT2D eigenvalue weighted by molar-refractivity contribution is -0.0194. The molecule has 0 bridgehead atoms. The second kappa shape index (κ2) is 27.8. The topological polar surface area (TPSA) is 155 Å². The number of hydrogen-bond donors (Lipinski definition) is 2. The van der Waals surface area contributed by atoms with Crippen molar-refractivity contribution >= 4 is 0 Å². The second-order valence-corrected chi connectivity index (χ2v) is 4.21. The Bertz CT molecular complexity index is 248. The molecule has 0 aromatic rings. The molecule has 25 heavy (non-hydrogen) atoms. The van der Waals surface area contributed by atoms with E-state index in [-0.39, 0.29) is 13.2 Å². The minimum Gasteiger partial charge on any atom is -0.394 e. The fourth-order valence-corrected chi connectivity index (χ4v) is 1.33. The van der Waals surface area contributed by atoms with Crippen LogP contribution in [0.15, 0.2) is 0 Å². The second-order valence-electron chi connectivity index (χ2n) is 4.21. The molecule has 0 atom stereocenters. The molecule has 0 saturated carbocycles. The minimum absolute atomic E-state index is 0.0334. The van der Waals surface area contributed by atoms with Crippen molar-refractivity contribution < 1.29 is 38.6 Å². The van der Waals surface area contributed by atoms with Gasteiger partial charge in [0, 0.05) is 0 Å². The number of aliphatic hydroxyl groups excluding tert-OH is 2. The summed E-state index contributed by atoms with van der Waals surface area (Å²) in [7, 11) is 0. The van der Waals surface area contributed by atoms with Crippen LogP contribution in [-0.4, -0.2) is 103 Å². The van der Waals surface area contributed by atoms with E-state index in [1.807, 2.05) is 0 Å². The number of hydrogen-bond acceptors (Lipinski definition) is 8. The van der Waals surface area contributed by atoms with Crippen molar-refractivity contribution in [2.45, 2.75) is 0 Å². The molecule has 0 fully saturated rings. The Morgan fingerprint density at radius 1 is 0.440 bits per heavy atom. The maximum absolute atomic E-state index is 8.48. The average Bonchev–Trinajstić information content (AvgIpc) is 2.61. The molecule has 0 spiro atoms. The van der Waals surface area contributed by atoms with Crippen LogP contribution in [0.3, 0.4) is 0 Å². The van der Waals surface area contributed by atoms with Gasteiger partial charge in [-0.05, 0) is 0 Å². The molecule has 150 valence electrons. The maximum Gasteiger partial charge on any atom is 0.0701 e. The van der Waals surface area contributed by atoms with Crippen LogP contribution in [0.2, 0.25) is 0 Å². The van der Waals surface area contributed by atoms with Crippen LogP contribution in [0.4, 0.5) is 0 Å². The molecule has 2 N–H and O–H groups in total. The molecule has 0 aliphatic rings. The van der Waals surface area contributed by atoms with Crippen LogP contribution >= 0.6 is 0 Å². The highest BCUT2D eigenvalue weighted by Gasteiger charge is 1.93. The van der Waals surface area contributed by atoms with Gasteiger partial charge < -0.3 is 49.7 Å². The third kappa shape index (κ3) is 31.3. The van der Waals surface area contributed by atoms with Crippen molar-refractivity contribution in [3.05, 3.63) is 16.0 Å². The summed E-state index contributed by atoms with van der Waals surface area (Å²) in [5.74, 6) is 0. The van der Waals surface area contributed by atoms with E-state index in [1.54, 1.807) is 0 Å². The van der Waals surface area contributed by atoms with E-state index in [0.717, 1.165) is 0 Å². The molecule has 0 rings (SSSR count). The smallest absolute Gasteiger partial charge is 0.0701 e. The first-order chi connectivity index (χ1) is 12.3. The van der Waals surface area contributed by atoms with Gasteiger partial charge in [-0.1, -0.05) is 0 Å². The summed E-state index contributed by atoms with van der Waals surface area (Å²) in [6, 6.07) is 0. The van der Waals surface area contributed by atoms with Crippen LogP contribution in [0.5, 0.6) is 0 Å². The molecule has 0 aromatic carbocycles. The summed E-state index contributed by atoms with van der Waals surface area (Å²) in [4.78, 5) is 1.50. The van der Waals surface area contributed by atoms with Crippen LogP contribution < -0.4 is 0 Å². The predicted molar refractivity (Wildman–Crippen MR) is 89.2 cm³/mol. The first kappa shape index (κ1) is 26.2. The number of rotatable bonds is 19. The molecule has 0 radical (unpaired) electrons. The molecule has 0 amide bonds. The molecule has 0 aliphatic carbocycles. The van der Waals surface area contributed by atoms with Crippen molar-refractivity contribution in [3.8, 4) is 0 Å². The first-order valence-corrected chi connectivity index (χ1v) is 8.00. The molecule has 11 heteroatoms. The maximum atomic E-state index is 8.48. The van der Waals surface area contributed by atoms with Gasteiger partial charge in [-0.25, -0.2) is 0 Å². The van der Waals surface area contributed by atoms with E-state index in [9.17, 15) is 0 Å². The summed E-state index contributed by atoms with van der Waals surface area (Å²) in [5, 5.41) is 17.0. The van der Waals surface area contributed by atoms with Gasteiger partial charge in [0.15, 0.2) is 0 Å². The largest absolute Gasteiger partial charge is 0.394 e. The Kier molecular flexibility index (Phi) is 29.2. The third-order valence-corrected chi connectivity index (χ3v) is 2.33. The molecule has 11 nitrogen and oxygen atoms in total. The Hall–Kier alpha value is -1.01. The average molecular weight is 368 g/mol. The third-order valence-electron chi connectivity index (χ3n) is 2.33. The van der Waals surface area contributed by atoms with Crippen molar-refractivity contribution in [3.63, 3.8) is 0 Å². The van der Waals surface area contributed by atoms with Gasteiger partial charge in [0.05, 0.1) is 92.5 Å². The zero-order valence-corrected chi connectivity index (χ0v) is 14.6. The zero-order valence-electron chi connectivity index (χ0n) is 14.6. The summed E-state index contributed by atoms with van der Waals surface area (Å²) in [5.41, 5.74) is 13.5. The van der Waals surface area contributed by atoms with Crippen LogP contribution in [0.1, 0.15) is 0 Å². The quantitative estimate of drug-likeness (QED) is 0.139. The van der Waals surface area contributed by atoms with E-state index in [1.165, 1.54) is 4.91 Å². The van der Waals surface area contributed by atoms with Gasteiger partial charge in [-0.2, -0.15) is 0 Å². The molecule has 0 aromatic heterocycles. The molecular formula is C14H30N3O8-. The SMILES string of the molecule is OCCOCCOCCOCCOCCOCCOCCO.[N-]=[N+]=[N-]. The first-order valence-electron chi connectivity index (χ1n) is 8.00.